The normalized spacial score (nSPS) is 26.1. The smallest absolute Gasteiger partial charge is 0.410 e. The highest BCUT2D eigenvalue weighted by Crippen LogP contribution is 2.58. The lowest BCUT2D eigenvalue weighted by Gasteiger charge is -2.19. The van der Waals surface area contributed by atoms with Crippen LogP contribution < -0.4 is 0 Å². The fourth-order valence-electron chi connectivity index (χ4n) is 3.02. The molecule has 0 aromatic heterocycles. The van der Waals surface area contributed by atoms with Gasteiger partial charge in [-0.2, -0.15) is 0 Å². The maximum Gasteiger partial charge on any atom is 0.410 e. The predicted octanol–water partition coefficient (Wildman–Crippen LogP) is 2.21. The van der Waals surface area contributed by atoms with Gasteiger partial charge >= 0.3 is 12.1 Å². The zero-order chi connectivity index (χ0) is 14.9. The second-order valence-electron chi connectivity index (χ2n) is 5.70. The first-order valence-corrected chi connectivity index (χ1v) is 7.28. The topological polar surface area (TPSA) is 55.8 Å². The van der Waals surface area contributed by atoms with Gasteiger partial charge in [-0.3, -0.25) is 4.79 Å². The molecule has 2 unspecified atom stereocenters. The standard InChI is InChI=1S/C16H19NO4/c1-2-20-14(18)16-8-13(16)9-17(11-16)15(19)21-10-12-6-4-3-5-7-12/h3-7,13H,2,8-11H2,1H3. The quantitative estimate of drug-likeness (QED) is 0.797. The van der Waals surface area contributed by atoms with Gasteiger partial charge in [-0.1, -0.05) is 30.3 Å². The monoisotopic (exact) mass is 289 g/mol. The Morgan fingerprint density at radius 2 is 2.05 bits per heavy atom. The number of hydrogen-bond donors (Lipinski definition) is 0. The molecule has 2 fully saturated rings. The second kappa shape index (κ2) is 5.39. The average Bonchev–Trinajstić information content (AvgIpc) is 3.08. The summed E-state index contributed by atoms with van der Waals surface area (Å²) in [4.78, 5) is 25.6. The van der Waals surface area contributed by atoms with Crippen molar-refractivity contribution >= 4 is 12.1 Å². The molecule has 0 spiro atoms. The van der Waals surface area contributed by atoms with E-state index in [-0.39, 0.29) is 24.6 Å². The van der Waals surface area contributed by atoms with Gasteiger partial charge in [0.05, 0.1) is 12.0 Å². The predicted molar refractivity (Wildman–Crippen MR) is 75.4 cm³/mol. The number of hydrogen-bond acceptors (Lipinski definition) is 4. The van der Waals surface area contributed by atoms with E-state index in [0.717, 1.165) is 12.0 Å². The summed E-state index contributed by atoms with van der Waals surface area (Å²) in [6.07, 6.45) is 0.476. The van der Waals surface area contributed by atoms with Crippen LogP contribution in [0.3, 0.4) is 0 Å². The molecular weight excluding hydrogens is 270 g/mol. The SMILES string of the molecule is CCOC(=O)C12CC1CN(C(=O)OCc1ccccc1)C2. The first-order valence-electron chi connectivity index (χ1n) is 7.28. The van der Waals surface area contributed by atoms with Crippen LogP contribution in [-0.2, 0) is 20.9 Å². The van der Waals surface area contributed by atoms with Gasteiger partial charge in [0.25, 0.3) is 0 Å². The number of piperidine rings is 1. The number of amides is 1. The fraction of sp³-hybridized carbons (Fsp3) is 0.500. The lowest BCUT2D eigenvalue weighted by Crippen LogP contribution is -2.34. The number of benzene rings is 1. The lowest BCUT2D eigenvalue weighted by atomic mass is 10.1. The molecule has 5 heteroatoms. The molecule has 5 nitrogen and oxygen atoms in total. The zero-order valence-electron chi connectivity index (χ0n) is 12.1. The van der Waals surface area contributed by atoms with E-state index in [0.29, 0.717) is 19.7 Å². The summed E-state index contributed by atoms with van der Waals surface area (Å²) in [5.41, 5.74) is 0.497. The zero-order valence-corrected chi connectivity index (χ0v) is 12.1. The third kappa shape index (κ3) is 2.60. The van der Waals surface area contributed by atoms with Crippen LogP contribution in [0.15, 0.2) is 30.3 Å². The van der Waals surface area contributed by atoms with Crippen LogP contribution in [-0.4, -0.2) is 36.7 Å². The van der Waals surface area contributed by atoms with Crippen molar-refractivity contribution in [3.05, 3.63) is 35.9 Å². The Morgan fingerprint density at radius 1 is 1.29 bits per heavy atom. The van der Waals surface area contributed by atoms with E-state index in [2.05, 4.69) is 0 Å². The molecule has 1 aliphatic heterocycles. The van der Waals surface area contributed by atoms with Gasteiger partial charge in [-0.25, -0.2) is 4.79 Å². The third-order valence-electron chi connectivity index (χ3n) is 4.29. The molecule has 1 saturated carbocycles. The summed E-state index contributed by atoms with van der Waals surface area (Å²) < 4.78 is 10.4. The maximum atomic E-state index is 12.1. The molecule has 2 atom stereocenters. The van der Waals surface area contributed by atoms with Crippen LogP contribution in [0.5, 0.6) is 0 Å². The Labute approximate surface area is 123 Å². The number of fused-ring (bicyclic) bond motifs is 1. The summed E-state index contributed by atoms with van der Waals surface area (Å²) >= 11 is 0. The summed E-state index contributed by atoms with van der Waals surface area (Å²) in [5.74, 6) is 0.0641. The minimum atomic E-state index is -0.457. The molecule has 1 aliphatic carbocycles. The number of esters is 1. The van der Waals surface area contributed by atoms with E-state index >= 15 is 0 Å². The first kappa shape index (κ1) is 13.9. The van der Waals surface area contributed by atoms with Crippen molar-refractivity contribution in [3.63, 3.8) is 0 Å². The van der Waals surface area contributed by atoms with Crippen molar-refractivity contribution < 1.29 is 19.1 Å². The van der Waals surface area contributed by atoms with E-state index in [1.54, 1.807) is 11.8 Å². The van der Waals surface area contributed by atoms with Crippen molar-refractivity contribution in [2.45, 2.75) is 20.0 Å². The maximum absolute atomic E-state index is 12.1. The molecule has 3 rings (SSSR count). The van der Waals surface area contributed by atoms with Crippen molar-refractivity contribution in [2.75, 3.05) is 19.7 Å². The van der Waals surface area contributed by atoms with Crippen LogP contribution in [0, 0.1) is 11.3 Å². The molecule has 0 bridgehead atoms. The van der Waals surface area contributed by atoms with E-state index < -0.39 is 5.41 Å². The molecule has 0 N–H and O–H groups in total. The Bertz CT molecular complexity index is 544. The van der Waals surface area contributed by atoms with Gasteiger partial charge in [-0.15, -0.1) is 0 Å². The minimum Gasteiger partial charge on any atom is -0.466 e. The molecule has 2 aliphatic rings. The van der Waals surface area contributed by atoms with Crippen LogP contribution in [0.1, 0.15) is 18.9 Å². The van der Waals surface area contributed by atoms with E-state index in [1.807, 2.05) is 30.3 Å². The molecular formula is C16H19NO4. The van der Waals surface area contributed by atoms with Crippen LogP contribution in [0.4, 0.5) is 4.79 Å². The highest BCUT2D eigenvalue weighted by atomic mass is 16.6. The summed E-state index contributed by atoms with van der Waals surface area (Å²) in [5, 5.41) is 0. The Balaban J connectivity index is 1.53. The van der Waals surface area contributed by atoms with Crippen LogP contribution in [0.25, 0.3) is 0 Å². The van der Waals surface area contributed by atoms with Gasteiger partial charge in [0.15, 0.2) is 0 Å². The summed E-state index contributed by atoms with van der Waals surface area (Å²) in [6, 6.07) is 9.56. The summed E-state index contributed by atoms with van der Waals surface area (Å²) in [6.45, 7) is 3.45. The Morgan fingerprint density at radius 3 is 2.76 bits per heavy atom. The number of ether oxygens (including phenoxy) is 2. The van der Waals surface area contributed by atoms with Crippen molar-refractivity contribution in [1.82, 2.24) is 4.90 Å². The number of nitrogens with zero attached hydrogens (tertiary/aromatic N) is 1. The molecule has 1 aromatic carbocycles. The minimum absolute atomic E-state index is 0.173. The van der Waals surface area contributed by atoms with E-state index in [1.165, 1.54) is 0 Å². The van der Waals surface area contributed by atoms with Gasteiger partial charge in [-0.05, 0) is 24.8 Å². The van der Waals surface area contributed by atoms with Crippen LogP contribution in [0.2, 0.25) is 0 Å². The molecule has 1 amide bonds. The van der Waals surface area contributed by atoms with Gasteiger partial charge in [0.1, 0.15) is 6.61 Å². The lowest BCUT2D eigenvalue weighted by molar-refractivity contribution is -0.149. The Hall–Kier alpha value is -2.04. The summed E-state index contributed by atoms with van der Waals surface area (Å²) in [7, 11) is 0. The molecule has 1 heterocycles. The highest BCUT2D eigenvalue weighted by molar-refractivity contribution is 5.83. The number of carbonyl (C=O) groups is 2. The van der Waals surface area contributed by atoms with Gasteiger partial charge < -0.3 is 14.4 Å². The molecule has 1 aromatic rings. The molecule has 21 heavy (non-hydrogen) atoms. The number of likely N-dealkylation sites (tertiary alicyclic amines) is 1. The van der Waals surface area contributed by atoms with Crippen molar-refractivity contribution in [1.29, 1.82) is 0 Å². The highest BCUT2D eigenvalue weighted by Gasteiger charge is 2.67. The van der Waals surface area contributed by atoms with Crippen molar-refractivity contribution in [3.8, 4) is 0 Å². The average molecular weight is 289 g/mol. The largest absolute Gasteiger partial charge is 0.466 e. The van der Waals surface area contributed by atoms with E-state index in [9.17, 15) is 9.59 Å². The molecule has 1 saturated heterocycles. The molecule has 112 valence electrons. The third-order valence-corrected chi connectivity index (χ3v) is 4.29. The van der Waals surface area contributed by atoms with E-state index in [4.69, 9.17) is 9.47 Å². The first-order chi connectivity index (χ1) is 10.2. The van der Waals surface area contributed by atoms with Gasteiger partial charge in [0, 0.05) is 13.1 Å². The second-order valence-corrected chi connectivity index (χ2v) is 5.70. The van der Waals surface area contributed by atoms with Crippen LogP contribution >= 0.6 is 0 Å². The molecule has 0 radical (unpaired) electrons. The Kier molecular flexibility index (Phi) is 3.57. The van der Waals surface area contributed by atoms with Gasteiger partial charge in [0.2, 0.25) is 0 Å². The fourth-order valence-corrected chi connectivity index (χ4v) is 3.02. The number of rotatable bonds is 4. The van der Waals surface area contributed by atoms with Crippen molar-refractivity contribution in [2.24, 2.45) is 11.3 Å². The number of carbonyl (C=O) groups excluding carboxylic acids is 2.